The van der Waals surface area contributed by atoms with Gasteiger partial charge in [-0.2, -0.15) is 13.2 Å². The van der Waals surface area contributed by atoms with Crippen LogP contribution >= 0.6 is 0 Å². The summed E-state index contributed by atoms with van der Waals surface area (Å²) in [6.45, 7) is 5.03. The Labute approximate surface area is 200 Å². The Balaban J connectivity index is 1.70. The van der Waals surface area contributed by atoms with Crippen molar-refractivity contribution in [3.63, 3.8) is 0 Å². The minimum atomic E-state index is -4.43. The molecule has 0 saturated heterocycles. The van der Waals surface area contributed by atoms with Crippen LogP contribution in [0.3, 0.4) is 0 Å². The number of nitrogens with one attached hydrogen (secondary N) is 1. The summed E-state index contributed by atoms with van der Waals surface area (Å²) in [6.07, 6.45) is -0.875. The molecule has 4 rings (SSSR count). The van der Waals surface area contributed by atoms with Crippen LogP contribution in [0, 0.1) is 6.92 Å². The smallest absolute Gasteiger partial charge is 0.416 e. The number of hydrogen-bond acceptors (Lipinski definition) is 6. The Hall–Kier alpha value is -3.92. The highest BCUT2D eigenvalue weighted by Crippen LogP contribution is 2.33. The summed E-state index contributed by atoms with van der Waals surface area (Å²) in [5.41, 5.74) is 1.34. The van der Waals surface area contributed by atoms with Gasteiger partial charge in [0.05, 0.1) is 41.8 Å². The van der Waals surface area contributed by atoms with E-state index in [0.717, 1.165) is 23.5 Å². The third-order valence-corrected chi connectivity index (χ3v) is 5.29. The number of alkyl halides is 3. The van der Waals surface area contributed by atoms with Gasteiger partial charge in [-0.1, -0.05) is 12.1 Å². The zero-order valence-electron chi connectivity index (χ0n) is 19.6. The van der Waals surface area contributed by atoms with Gasteiger partial charge in [-0.25, -0.2) is 15.0 Å². The summed E-state index contributed by atoms with van der Waals surface area (Å²) in [5, 5.41) is 13.7. The van der Waals surface area contributed by atoms with Crippen molar-refractivity contribution in [1.82, 2.24) is 19.5 Å². The lowest BCUT2D eigenvalue weighted by Gasteiger charge is -2.19. The van der Waals surface area contributed by atoms with Crippen molar-refractivity contribution >= 4 is 11.6 Å². The molecule has 2 aromatic heterocycles. The van der Waals surface area contributed by atoms with Gasteiger partial charge in [-0.3, -0.25) is 0 Å². The van der Waals surface area contributed by atoms with Crippen LogP contribution in [0.2, 0.25) is 0 Å². The van der Waals surface area contributed by atoms with Crippen LogP contribution in [0.5, 0.6) is 5.75 Å². The predicted octanol–water partition coefficient (Wildman–Crippen LogP) is 5.64. The lowest BCUT2D eigenvalue weighted by Crippen LogP contribution is -2.19. The number of hydrogen-bond donors (Lipinski definition) is 2. The third-order valence-electron chi connectivity index (χ3n) is 5.29. The van der Waals surface area contributed by atoms with Crippen molar-refractivity contribution in [3.8, 4) is 22.7 Å². The monoisotopic (exact) mass is 483 g/mol. The van der Waals surface area contributed by atoms with E-state index < -0.39 is 17.3 Å². The topological polar surface area (TPSA) is 85.1 Å². The molecule has 0 unspecified atom stereocenters. The highest BCUT2D eigenvalue weighted by Gasteiger charge is 2.30. The van der Waals surface area contributed by atoms with Gasteiger partial charge < -0.3 is 19.7 Å². The lowest BCUT2D eigenvalue weighted by molar-refractivity contribution is -0.137. The van der Waals surface area contributed by atoms with Crippen molar-refractivity contribution in [2.24, 2.45) is 0 Å². The first-order valence-electron chi connectivity index (χ1n) is 10.7. The minimum Gasteiger partial charge on any atom is -0.494 e. The molecule has 4 aromatic rings. The molecule has 7 nitrogen and oxygen atoms in total. The SMILES string of the molecule is COc1cc(Nc2nc(-c3ccc(C(F)(F)F)cc3)cc(C(C)(C)O)n2)ccc1-n1cnc(C)c1. The van der Waals surface area contributed by atoms with E-state index in [0.29, 0.717) is 28.4 Å². The molecule has 2 N–H and O–H groups in total. The Morgan fingerprint density at radius 3 is 2.29 bits per heavy atom. The third kappa shape index (κ3) is 5.43. The van der Waals surface area contributed by atoms with Crippen LogP contribution < -0.4 is 10.1 Å². The highest BCUT2D eigenvalue weighted by atomic mass is 19.4. The molecule has 35 heavy (non-hydrogen) atoms. The number of aromatic nitrogens is 4. The summed E-state index contributed by atoms with van der Waals surface area (Å²) in [5.74, 6) is 0.752. The van der Waals surface area contributed by atoms with Crippen LogP contribution in [0.25, 0.3) is 16.9 Å². The molecule has 0 saturated carbocycles. The molecule has 10 heteroatoms. The maximum Gasteiger partial charge on any atom is 0.416 e. The molecule has 0 bridgehead atoms. The van der Waals surface area contributed by atoms with Gasteiger partial charge in [-0.15, -0.1) is 0 Å². The molecule has 182 valence electrons. The number of benzene rings is 2. The van der Waals surface area contributed by atoms with Crippen molar-refractivity contribution in [3.05, 3.63) is 78.0 Å². The largest absolute Gasteiger partial charge is 0.494 e. The van der Waals surface area contributed by atoms with Crippen molar-refractivity contribution < 1.29 is 23.0 Å². The Morgan fingerprint density at radius 1 is 1.00 bits per heavy atom. The van der Waals surface area contributed by atoms with Gasteiger partial charge in [0.2, 0.25) is 5.95 Å². The number of methoxy groups -OCH3 is 1. The molecule has 0 aliphatic carbocycles. The Morgan fingerprint density at radius 2 is 1.71 bits per heavy atom. The molecule has 0 aliphatic rings. The number of ether oxygens (including phenoxy) is 1. The molecule has 2 aromatic carbocycles. The number of aryl methyl sites for hydroxylation is 1. The second kappa shape index (κ2) is 9.03. The Bertz CT molecular complexity index is 1340. The molecule has 0 atom stereocenters. The highest BCUT2D eigenvalue weighted by molar-refractivity contribution is 5.65. The summed E-state index contributed by atoms with van der Waals surface area (Å²) in [7, 11) is 1.56. The average Bonchev–Trinajstić information content (AvgIpc) is 3.23. The van der Waals surface area contributed by atoms with Crippen LogP contribution in [0.15, 0.2) is 61.1 Å². The summed E-state index contributed by atoms with van der Waals surface area (Å²) in [6, 6.07) is 11.7. The molecule has 0 aliphatic heterocycles. The number of imidazole rings is 1. The Kier molecular flexibility index (Phi) is 6.25. The number of nitrogens with zero attached hydrogens (tertiary/aromatic N) is 4. The standard InChI is InChI=1S/C25H24F3N5O2/c1-15-13-33(14-29-15)20-10-9-18(11-21(20)35-4)30-23-31-19(12-22(32-23)24(2,3)34)16-5-7-17(8-6-16)25(26,27)28/h5-14,34H,1-4H3,(H,30,31,32). The van der Waals surface area contributed by atoms with E-state index in [4.69, 9.17) is 4.74 Å². The fourth-order valence-corrected chi connectivity index (χ4v) is 3.45. The summed E-state index contributed by atoms with van der Waals surface area (Å²) < 4.78 is 46.3. The number of halogens is 3. The molecular formula is C25H24F3N5O2. The van der Waals surface area contributed by atoms with Crippen molar-refractivity contribution in [1.29, 1.82) is 0 Å². The second-order valence-electron chi connectivity index (χ2n) is 8.53. The number of rotatable bonds is 6. The average molecular weight is 483 g/mol. The zero-order valence-corrected chi connectivity index (χ0v) is 19.6. The quantitative estimate of drug-likeness (QED) is 0.369. The van der Waals surface area contributed by atoms with Crippen LogP contribution in [0.4, 0.5) is 24.8 Å². The van der Waals surface area contributed by atoms with E-state index in [-0.39, 0.29) is 5.95 Å². The van der Waals surface area contributed by atoms with Gasteiger partial charge in [-0.05, 0) is 51.1 Å². The van der Waals surface area contributed by atoms with Crippen LogP contribution in [0.1, 0.15) is 30.8 Å². The van der Waals surface area contributed by atoms with Crippen LogP contribution in [-0.2, 0) is 11.8 Å². The van der Waals surface area contributed by atoms with E-state index in [1.165, 1.54) is 12.1 Å². The van der Waals surface area contributed by atoms with E-state index in [1.807, 2.05) is 29.8 Å². The van der Waals surface area contributed by atoms with E-state index in [1.54, 1.807) is 39.4 Å². The fourth-order valence-electron chi connectivity index (χ4n) is 3.45. The normalized spacial score (nSPS) is 12.0. The van der Waals surface area contributed by atoms with E-state index >= 15 is 0 Å². The lowest BCUT2D eigenvalue weighted by atomic mass is 10.0. The van der Waals surface area contributed by atoms with Gasteiger partial charge >= 0.3 is 6.18 Å². The molecule has 0 spiro atoms. The zero-order chi connectivity index (χ0) is 25.4. The molecule has 0 amide bonds. The number of aliphatic hydroxyl groups is 1. The summed E-state index contributed by atoms with van der Waals surface area (Å²) >= 11 is 0. The molecular weight excluding hydrogens is 459 g/mol. The van der Waals surface area contributed by atoms with Crippen LogP contribution in [-0.4, -0.2) is 31.7 Å². The van der Waals surface area contributed by atoms with E-state index in [9.17, 15) is 18.3 Å². The first-order chi connectivity index (χ1) is 16.4. The molecule has 0 radical (unpaired) electrons. The molecule has 0 fully saturated rings. The first-order valence-corrected chi connectivity index (χ1v) is 10.7. The van der Waals surface area contributed by atoms with E-state index in [2.05, 4.69) is 20.3 Å². The maximum atomic E-state index is 13.0. The van der Waals surface area contributed by atoms with Gasteiger partial charge in [0, 0.05) is 23.5 Å². The minimum absolute atomic E-state index is 0.174. The first kappa shape index (κ1) is 24.2. The number of anilines is 2. The predicted molar refractivity (Wildman–Crippen MR) is 126 cm³/mol. The van der Waals surface area contributed by atoms with Gasteiger partial charge in [0.25, 0.3) is 0 Å². The summed E-state index contributed by atoms with van der Waals surface area (Å²) in [4.78, 5) is 13.1. The van der Waals surface area contributed by atoms with Gasteiger partial charge in [0.1, 0.15) is 11.4 Å². The van der Waals surface area contributed by atoms with Gasteiger partial charge in [0.15, 0.2) is 0 Å². The second-order valence-corrected chi connectivity index (χ2v) is 8.53. The maximum absolute atomic E-state index is 13.0. The van der Waals surface area contributed by atoms with Crippen molar-refractivity contribution in [2.75, 3.05) is 12.4 Å². The van der Waals surface area contributed by atoms with Crippen molar-refractivity contribution in [2.45, 2.75) is 32.5 Å². The fraction of sp³-hybridized carbons (Fsp3) is 0.240. The molecule has 2 heterocycles.